The predicted molar refractivity (Wildman–Crippen MR) is 114 cm³/mol. The molecular formula is C20H30N4O2S. The van der Waals surface area contributed by atoms with Crippen molar-refractivity contribution in [2.24, 2.45) is 0 Å². The molecule has 0 saturated carbocycles. The van der Waals surface area contributed by atoms with Gasteiger partial charge in [-0.05, 0) is 38.7 Å². The van der Waals surface area contributed by atoms with E-state index in [9.17, 15) is 4.55 Å². The van der Waals surface area contributed by atoms with E-state index in [1.165, 1.54) is 0 Å². The fraction of sp³-hybridized carbons (Fsp3) is 0.500. The van der Waals surface area contributed by atoms with Crippen molar-refractivity contribution in [3.8, 4) is 5.75 Å². The fourth-order valence-electron chi connectivity index (χ4n) is 3.73. The average molecular weight is 391 g/mol. The summed E-state index contributed by atoms with van der Waals surface area (Å²) in [5, 5.41) is 3.41. The van der Waals surface area contributed by atoms with Crippen molar-refractivity contribution in [3.05, 3.63) is 40.8 Å². The lowest BCUT2D eigenvalue weighted by Gasteiger charge is -2.48. The second-order valence-electron chi connectivity index (χ2n) is 7.15. The number of hydrogen-bond donors (Lipinski definition) is 2. The molecule has 0 fully saturated rings. The summed E-state index contributed by atoms with van der Waals surface area (Å²) in [6, 6.07) is 4.08. The molecule has 2 atom stereocenters. The molecule has 2 N–H and O–H groups in total. The fourth-order valence-corrected chi connectivity index (χ4v) is 6.38. The normalized spacial score (nSPS) is 19.7. The SMILES string of the molecule is CCS(O)(Cc1ncc(C)c(OC)c1C)C1CNc2nc(C)ccc2N1C. The van der Waals surface area contributed by atoms with Crippen molar-refractivity contribution in [1.82, 2.24) is 9.97 Å². The van der Waals surface area contributed by atoms with Crippen LogP contribution in [0, 0.1) is 20.8 Å². The van der Waals surface area contributed by atoms with E-state index in [4.69, 9.17) is 4.74 Å². The third-order valence-corrected chi connectivity index (χ3v) is 8.68. The topological polar surface area (TPSA) is 70.5 Å². The highest BCUT2D eigenvalue weighted by Crippen LogP contribution is 2.54. The van der Waals surface area contributed by atoms with Gasteiger partial charge in [-0.25, -0.2) is 4.98 Å². The molecule has 1 aliphatic rings. The Morgan fingerprint density at radius 1 is 1.33 bits per heavy atom. The summed E-state index contributed by atoms with van der Waals surface area (Å²) in [5.74, 6) is 3.00. The van der Waals surface area contributed by atoms with E-state index < -0.39 is 10.3 Å². The van der Waals surface area contributed by atoms with Crippen LogP contribution in [0.3, 0.4) is 0 Å². The predicted octanol–water partition coefficient (Wildman–Crippen LogP) is 4.10. The number of aryl methyl sites for hydroxylation is 2. The lowest BCUT2D eigenvalue weighted by molar-refractivity contribution is 0.407. The largest absolute Gasteiger partial charge is 0.496 e. The van der Waals surface area contributed by atoms with Crippen LogP contribution < -0.4 is 15.0 Å². The lowest BCUT2D eigenvalue weighted by atomic mass is 10.1. The van der Waals surface area contributed by atoms with Gasteiger partial charge >= 0.3 is 0 Å². The van der Waals surface area contributed by atoms with Gasteiger partial charge in [0.1, 0.15) is 11.6 Å². The quantitative estimate of drug-likeness (QED) is 0.801. The van der Waals surface area contributed by atoms with Gasteiger partial charge in [0.25, 0.3) is 0 Å². The third kappa shape index (κ3) is 3.58. The van der Waals surface area contributed by atoms with Crippen LogP contribution in [0.5, 0.6) is 5.75 Å². The first-order valence-electron chi connectivity index (χ1n) is 9.24. The van der Waals surface area contributed by atoms with E-state index in [1.807, 2.05) is 40.1 Å². The molecule has 0 bridgehead atoms. The summed E-state index contributed by atoms with van der Waals surface area (Å²) in [6.45, 7) is 8.73. The molecule has 6 nitrogen and oxygen atoms in total. The Bertz CT molecular complexity index is 845. The zero-order valence-corrected chi connectivity index (χ0v) is 17.9. The van der Waals surface area contributed by atoms with Gasteiger partial charge in [0.05, 0.1) is 23.9 Å². The molecule has 0 aliphatic carbocycles. The Hall–Kier alpha value is -1.99. The average Bonchev–Trinajstić information content (AvgIpc) is 2.64. The van der Waals surface area contributed by atoms with Gasteiger partial charge in [-0.15, -0.1) is 10.3 Å². The first-order chi connectivity index (χ1) is 12.8. The maximum Gasteiger partial charge on any atom is 0.150 e. The van der Waals surface area contributed by atoms with Crippen LogP contribution >= 0.6 is 10.3 Å². The number of likely N-dealkylation sites (N-methyl/N-ethyl adjacent to an activating group) is 1. The van der Waals surface area contributed by atoms with E-state index in [2.05, 4.69) is 33.2 Å². The Kier molecular flexibility index (Phi) is 5.53. The molecule has 0 spiro atoms. The molecule has 27 heavy (non-hydrogen) atoms. The molecular weight excluding hydrogens is 360 g/mol. The van der Waals surface area contributed by atoms with Crippen LogP contribution in [0.1, 0.15) is 29.4 Å². The summed E-state index contributed by atoms with van der Waals surface area (Å²) >= 11 is 0. The molecule has 2 unspecified atom stereocenters. The van der Waals surface area contributed by atoms with E-state index in [-0.39, 0.29) is 5.37 Å². The van der Waals surface area contributed by atoms with Crippen molar-refractivity contribution in [1.29, 1.82) is 0 Å². The molecule has 1 aliphatic heterocycles. The number of ether oxygens (including phenoxy) is 1. The molecule has 2 aromatic rings. The second-order valence-corrected chi connectivity index (χ2v) is 10.4. The minimum atomic E-state index is -1.98. The highest BCUT2D eigenvalue weighted by atomic mass is 32.3. The number of fused-ring (bicyclic) bond motifs is 1. The number of aromatic nitrogens is 2. The second kappa shape index (κ2) is 7.56. The minimum absolute atomic E-state index is 0.00648. The summed E-state index contributed by atoms with van der Waals surface area (Å²) < 4.78 is 17.3. The maximum atomic E-state index is 11.7. The summed E-state index contributed by atoms with van der Waals surface area (Å²) in [5.41, 5.74) is 4.96. The van der Waals surface area contributed by atoms with Crippen molar-refractivity contribution < 1.29 is 9.29 Å². The first-order valence-corrected chi connectivity index (χ1v) is 11.2. The molecule has 3 rings (SSSR count). The molecule has 0 saturated heterocycles. The Morgan fingerprint density at radius 3 is 2.74 bits per heavy atom. The number of hydrogen-bond acceptors (Lipinski definition) is 6. The third-order valence-electron chi connectivity index (χ3n) is 5.41. The standard InChI is InChI=1S/C20H30N4O2S/c1-7-27(25,12-16-15(4)19(26-6)13(2)10-21-16)18-11-22-20-17(24(18)5)9-8-14(3)23-20/h8-10,18,25H,7,11-12H2,1-6H3,(H,22,23). The van der Waals surface area contributed by atoms with Crippen LogP contribution in [0.4, 0.5) is 11.5 Å². The van der Waals surface area contributed by atoms with Crippen LogP contribution in [-0.4, -0.2) is 46.3 Å². The first kappa shape index (κ1) is 19.8. The maximum absolute atomic E-state index is 11.7. The van der Waals surface area contributed by atoms with Crippen LogP contribution in [0.25, 0.3) is 0 Å². The van der Waals surface area contributed by atoms with Crippen LogP contribution in [-0.2, 0) is 5.75 Å². The van der Waals surface area contributed by atoms with Gasteiger partial charge in [0.2, 0.25) is 0 Å². The van der Waals surface area contributed by atoms with Crippen molar-refractivity contribution in [2.75, 3.05) is 36.7 Å². The van der Waals surface area contributed by atoms with E-state index in [0.29, 0.717) is 18.1 Å². The Labute approximate surface area is 163 Å². The summed E-state index contributed by atoms with van der Waals surface area (Å²) in [7, 11) is 1.75. The lowest BCUT2D eigenvalue weighted by Crippen LogP contribution is -2.46. The molecule has 0 aromatic carbocycles. The van der Waals surface area contributed by atoms with Crippen molar-refractivity contribution >= 4 is 21.8 Å². The number of methoxy groups -OCH3 is 1. The summed E-state index contributed by atoms with van der Waals surface area (Å²) in [4.78, 5) is 11.4. The Balaban J connectivity index is 1.93. The van der Waals surface area contributed by atoms with Crippen LogP contribution in [0.2, 0.25) is 0 Å². The molecule has 0 radical (unpaired) electrons. The molecule has 148 valence electrons. The molecule has 0 amide bonds. The Morgan fingerprint density at radius 2 is 2.07 bits per heavy atom. The monoisotopic (exact) mass is 390 g/mol. The smallest absolute Gasteiger partial charge is 0.150 e. The van der Waals surface area contributed by atoms with Gasteiger partial charge in [-0.2, -0.15) is 0 Å². The van der Waals surface area contributed by atoms with Crippen LogP contribution in [0.15, 0.2) is 18.3 Å². The molecule has 7 heteroatoms. The molecule has 3 heterocycles. The van der Waals surface area contributed by atoms with Gasteiger partial charge in [-0.1, -0.05) is 6.92 Å². The van der Waals surface area contributed by atoms with Gasteiger partial charge in [0, 0.05) is 42.4 Å². The van der Waals surface area contributed by atoms with Crippen molar-refractivity contribution in [3.63, 3.8) is 0 Å². The highest BCUT2D eigenvalue weighted by Gasteiger charge is 2.37. The van der Waals surface area contributed by atoms with Gasteiger partial charge in [-0.3, -0.25) is 4.98 Å². The van der Waals surface area contributed by atoms with Crippen molar-refractivity contribution in [2.45, 2.75) is 38.8 Å². The number of nitrogens with one attached hydrogen (secondary N) is 1. The number of rotatable bonds is 5. The van der Waals surface area contributed by atoms with E-state index in [1.54, 1.807) is 7.11 Å². The van der Waals surface area contributed by atoms with E-state index >= 15 is 0 Å². The molecule has 2 aromatic heterocycles. The number of pyridine rings is 2. The van der Waals surface area contributed by atoms with Gasteiger partial charge in [0.15, 0.2) is 0 Å². The van der Waals surface area contributed by atoms with E-state index in [0.717, 1.165) is 39.8 Å². The zero-order valence-electron chi connectivity index (χ0n) is 17.0. The number of nitrogens with zero attached hydrogens (tertiary/aromatic N) is 3. The zero-order chi connectivity index (χ0) is 19.8. The summed E-state index contributed by atoms with van der Waals surface area (Å²) in [6.07, 6.45) is 1.83. The number of anilines is 2. The minimum Gasteiger partial charge on any atom is -0.496 e. The highest BCUT2D eigenvalue weighted by molar-refractivity contribution is 8.29. The van der Waals surface area contributed by atoms with Gasteiger partial charge < -0.3 is 19.5 Å².